The highest BCUT2D eigenvalue weighted by Gasteiger charge is 2.20. The molecular weight excluding hydrogens is 338 g/mol. The van der Waals surface area contributed by atoms with E-state index in [1.54, 1.807) is 31.2 Å². The van der Waals surface area contributed by atoms with Crippen molar-refractivity contribution in [3.63, 3.8) is 0 Å². The number of rotatable bonds is 7. The Hall–Kier alpha value is -3.13. The van der Waals surface area contributed by atoms with Gasteiger partial charge in [0.1, 0.15) is 5.76 Å². The number of aliphatic hydroxyl groups excluding tert-OH is 1. The topological polar surface area (TPSA) is 121 Å². The van der Waals surface area contributed by atoms with Crippen molar-refractivity contribution in [2.24, 2.45) is 0 Å². The van der Waals surface area contributed by atoms with Crippen LogP contribution in [-0.2, 0) is 16.1 Å². The van der Waals surface area contributed by atoms with Crippen LogP contribution < -0.4 is 16.0 Å². The minimum absolute atomic E-state index is 0.198. The van der Waals surface area contributed by atoms with Crippen molar-refractivity contribution >= 4 is 23.4 Å². The summed E-state index contributed by atoms with van der Waals surface area (Å²) in [6.45, 7) is 1.71. The van der Waals surface area contributed by atoms with Crippen LogP contribution in [0.15, 0.2) is 47.1 Å². The molecule has 0 spiro atoms. The van der Waals surface area contributed by atoms with Crippen LogP contribution in [0.3, 0.4) is 0 Å². The molecule has 1 heterocycles. The molecule has 0 bridgehead atoms. The number of aliphatic hydroxyl groups is 1. The molecule has 0 unspecified atom stereocenters. The molecule has 0 fully saturated rings. The fraction of sp³-hybridized carbons (Fsp3) is 0.278. The smallest absolute Gasteiger partial charge is 0.313 e. The summed E-state index contributed by atoms with van der Waals surface area (Å²) in [5.41, 5.74) is 0.427. The van der Waals surface area contributed by atoms with Crippen molar-refractivity contribution in [2.75, 3.05) is 11.9 Å². The van der Waals surface area contributed by atoms with Crippen LogP contribution in [0.2, 0.25) is 0 Å². The number of nitrogens with one attached hydrogen (secondary N) is 3. The van der Waals surface area contributed by atoms with Crippen molar-refractivity contribution in [2.45, 2.75) is 25.9 Å². The van der Waals surface area contributed by atoms with Crippen molar-refractivity contribution in [3.8, 4) is 0 Å². The molecule has 1 aromatic heterocycles. The first-order valence-electron chi connectivity index (χ1n) is 8.17. The van der Waals surface area contributed by atoms with E-state index >= 15 is 0 Å². The van der Waals surface area contributed by atoms with E-state index in [9.17, 15) is 14.4 Å². The van der Waals surface area contributed by atoms with E-state index in [2.05, 4.69) is 16.0 Å². The average Bonchev–Trinajstić information content (AvgIpc) is 3.18. The van der Waals surface area contributed by atoms with Crippen molar-refractivity contribution in [3.05, 3.63) is 54.0 Å². The predicted octanol–water partition coefficient (Wildman–Crippen LogP) is 1.04. The zero-order valence-corrected chi connectivity index (χ0v) is 14.3. The van der Waals surface area contributed by atoms with Crippen molar-refractivity contribution in [1.82, 2.24) is 10.6 Å². The Labute approximate surface area is 150 Å². The van der Waals surface area contributed by atoms with Gasteiger partial charge in [-0.1, -0.05) is 19.1 Å². The highest BCUT2D eigenvalue weighted by molar-refractivity contribution is 6.40. The third kappa shape index (κ3) is 5.18. The first-order chi connectivity index (χ1) is 12.5. The first kappa shape index (κ1) is 19.2. The Balaban J connectivity index is 2.02. The molecule has 0 saturated carbocycles. The molecule has 0 aliphatic carbocycles. The molecule has 8 heteroatoms. The first-order valence-corrected chi connectivity index (χ1v) is 8.17. The summed E-state index contributed by atoms with van der Waals surface area (Å²) < 4.78 is 5.15. The number of amides is 3. The normalized spacial score (nSPS) is 11.5. The lowest BCUT2D eigenvalue weighted by atomic mass is 10.1. The van der Waals surface area contributed by atoms with Crippen LogP contribution in [0.4, 0.5) is 5.69 Å². The van der Waals surface area contributed by atoms with Crippen LogP contribution >= 0.6 is 0 Å². The molecule has 3 amide bonds. The van der Waals surface area contributed by atoms with E-state index in [0.29, 0.717) is 12.2 Å². The summed E-state index contributed by atoms with van der Waals surface area (Å²) in [5.74, 6) is -1.62. The molecule has 8 nitrogen and oxygen atoms in total. The highest BCUT2D eigenvalue weighted by atomic mass is 16.3. The van der Waals surface area contributed by atoms with Gasteiger partial charge in [0.15, 0.2) is 0 Å². The van der Waals surface area contributed by atoms with Gasteiger partial charge in [-0.25, -0.2) is 0 Å². The molecule has 1 atom stereocenters. The number of hydrogen-bond acceptors (Lipinski definition) is 5. The van der Waals surface area contributed by atoms with Crippen LogP contribution in [0.25, 0.3) is 0 Å². The predicted molar refractivity (Wildman–Crippen MR) is 94.3 cm³/mol. The third-order valence-corrected chi connectivity index (χ3v) is 3.68. The maximum absolute atomic E-state index is 12.3. The summed E-state index contributed by atoms with van der Waals surface area (Å²) in [6, 6.07) is 9.29. The van der Waals surface area contributed by atoms with E-state index in [1.807, 2.05) is 0 Å². The summed E-state index contributed by atoms with van der Waals surface area (Å²) in [7, 11) is 0. The molecule has 0 radical (unpaired) electrons. The average molecular weight is 359 g/mol. The van der Waals surface area contributed by atoms with E-state index in [1.165, 1.54) is 18.4 Å². The zero-order chi connectivity index (χ0) is 18.9. The van der Waals surface area contributed by atoms with Crippen LogP contribution in [-0.4, -0.2) is 35.5 Å². The van der Waals surface area contributed by atoms with E-state index in [-0.39, 0.29) is 24.4 Å². The van der Waals surface area contributed by atoms with Crippen LogP contribution in [0.5, 0.6) is 0 Å². The summed E-state index contributed by atoms with van der Waals surface area (Å²) in [4.78, 5) is 36.3. The molecule has 0 aliphatic rings. The lowest BCUT2D eigenvalue weighted by Crippen LogP contribution is -2.43. The molecule has 2 aromatic rings. The Kier molecular flexibility index (Phi) is 6.92. The van der Waals surface area contributed by atoms with Gasteiger partial charge in [-0.2, -0.15) is 0 Å². The van der Waals surface area contributed by atoms with Gasteiger partial charge in [0, 0.05) is 0 Å². The molecule has 26 heavy (non-hydrogen) atoms. The number of para-hydroxylation sites is 1. The largest absolute Gasteiger partial charge is 0.467 e. The number of carbonyl (C=O) groups is 3. The Morgan fingerprint density at radius 2 is 1.88 bits per heavy atom. The molecule has 1 aromatic carbocycles. The second-order valence-corrected chi connectivity index (χ2v) is 5.52. The maximum Gasteiger partial charge on any atom is 0.313 e. The van der Waals surface area contributed by atoms with Gasteiger partial charge < -0.3 is 25.5 Å². The molecular formula is C18H21N3O5. The van der Waals surface area contributed by atoms with E-state index in [0.717, 1.165) is 0 Å². The Morgan fingerprint density at radius 1 is 1.12 bits per heavy atom. The second-order valence-electron chi connectivity index (χ2n) is 5.52. The molecule has 4 N–H and O–H groups in total. The number of benzene rings is 1. The van der Waals surface area contributed by atoms with Gasteiger partial charge >= 0.3 is 11.8 Å². The van der Waals surface area contributed by atoms with E-state index < -0.39 is 23.8 Å². The highest BCUT2D eigenvalue weighted by Crippen LogP contribution is 2.15. The maximum atomic E-state index is 12.3. The number of anilines is 1. The SMILES string of the molecule is CC[C@H](CO)NC(=O)C(=O)Nc1ccccc1C(=O)NCc1ccco1. The molecule has 0 aliphatic heterocycles. The van der Waals surface area contributed by atoms with E-state index in [4.69, 9.17) is 9.52 Å². The standard InChI is InChI=1S/C18H21N3O5/c1-2-12(11-22)20-17(24)18(25)21-15-8-4-3-7-14(15)16(23)19-10-13-6-5-9-26-13/h3-9,12,22H,2,10-11H2,1H3,(H,19,23)(H,20,24)(H,21,25)/t12-/m1/s1. The van der Waals surface area contributed by atoms with Gasteiger partial charge in [-0.15, -0.1) is 0 Å². The summed E-state index contributed by atoms with van der Waals surface area (Å²) >= 11 is 0. The van der Waals surface area contributed by atoms with Crippen LogP contribution in [0, 0.1) is 0 Å². The van der Waals surface area contributed by atoms with Crippen molar-refractivity contribution in [1.29, 1.82) is 0 Å². The minimum Gasteiger partial charge on any atom is -0.467 e. The summed E-state index contributed by atoms with van der Waals surface area (Å²) in [5, 5.41) is 16.6. The third-order valence-electron chi connectivity index (χ3n) is 3.68. The van der Waals surface area contributed by atoms with Crippen molar-refractivity contribution < 1.29 is 23.9 Å². The fourth-order valence-corrected chi connectivity index (χ4v) is 2.17. The fourth-order valence-electron chi connectivity index (χ4n) is 2.17. The van der Waals surface area contributed by atoms with Gasteiger partial charge in [0.25, 0.3) is 5.91 Å². The molecule has 2 rings (SSSR count). The summed E-state index contributed by atoms with van der Waals surface area (Å²) in [6.07, 6.45) is 1.99. The second kappa shape index (κ2) is 9.38. The number of hydrogen-bond donors (Lipinski definition) is 4. The quantitative estimate of drug-likeness (QED) is 0.551. The van der Waals surface area contributed by atoms with Gasteiger partial charge in [-0.3, -0.25) is 14.4 Å². The van der Waals surface area contributed by atoms with Gasteiger partial charge in [0.2, 0.25) is 0 Å². The lowest BCUT2D eigenvalue weighted by Gasteiger charge is -2.14. The Morgan fingerprint density at radius 3 is 2.54 bits per heavy atom. The zero-order valence-electron chi connectivity index (χ0n) is 14.3. The Bertz CT molecular complexity index is 754. The monoisotopic (exact) mass is 359 g/mol. The lowest BCUT2D eigenvalue weighted by molar-refractivity contribution is -0.136. The van der Waals surface area contributed by atoms with Crippen LogP contribution in [0.1, 0.15) is 29.5 Å². The number of carbonyl (C=O) groups excluding carboxylic acids is 3. The minimum atomic E-state index is -0.914. The molecule has 138 valence electrons. The number of furan rings is 1. The molecule has 0 saturated heterocycles. The van der Waals surface area contributed by atoms with Gasteiger partial charge in [-0.05, 0) is 30.7 Å². The van der Waals surface area contributed by atoms with Gasteiger partial charge in [0.05, 0.1) is 36.7 Å².